The van der Waals surface area contributed by atoms with Crippen LogP contribution in [-0.2, 0) is 6.42 Å². The number of hydrogen-bond acceptors (Lipinski definition) is 3. The Hall–Kier alpha value is -1.91. The maximum atomic E-state index is 13.3. The average Bonchev–Trinajstić information content (AvgIpc) is 2.83. The van der Waals surface area contributed by atoms with Crippen LogP contribution >= 0.6 is 0 Å². The third-order valence-corrected chi connectivity index (χ3v) is 2.59. The van der Waals surface area contributed by atoms with Gasteiger partial charge in [0.15, 0.2) is 11.6 Å². The second kappa shape index (κ2) is 5.62. The fourth-order valence-electron chi connectivity index (χ4n) is 1.64. The van der Waals surface area contributed by atoms with Crippen LogP contribution in [-0.4, -0.2) is 11.0 Å². The highest BCUT2D eigenvalue weighted by Gasteiger charge is 2.09. The van der Waals surface area contributed by atoms with Gasteiger partial charge in [0.1, 0.15) is 11.6 Å². The van der Waals surface area contributed by atoms with Gasteiger partial charge in [0.25, 0.3) is 0 Å². The minimum atomic E-state index is -0.681. The second-order valence-corrected chi connectivity index (χ2v) is 4.15. The lowest BCUT2D eigenvalue weighted by molar-refractivity contribution is 0.494. The lowest BCUT2D eigenvalue weighted by Gasteiger charge is -2.14. The van der Waals surface area contributed by atoms with Gasteiger partial charge in [-0.25, -0.2) is 13.8 Å². The van der Waals surface area contributed by atoms with Crippen molar-refractivity contribution < 1.29 is 13.2 Å². The predicted octanol–water partition coefficient (Wildman–Crippen LogP) is 3.39. The summed E-state index contributed by atoms with van der Waals surface area (Å²) >= 11 is 0. The number of aryl methyl sites for hydroxylation is 1. The van der Waals surface area contributed by atoms with Gasteiger partial charge in [0.2, 0.25) is 0 Å². The molecule has 0 amide bonds. The molecule has 0 saturated heterocycles. The van der Waals surface area contributed by atoms with Crippen molar-refractivity contribution in [1.82, 2.24) is 4.98 Å². The van der Waals surface area contributed by atoms with Gasteiger partial charge < -0.3 is 9.73 Å². The standard InChI is InChI=1S/C13H14F2N2O/c1-9(4-5-11-3-2-6-18-11)17-13-12(15)7-10(14)8-16-13/h2-3,6-9H,4-5H2,1H3,(H,16,17). The average molecular weight is 252 g/mol. The van der Waals surface area contributed by atoms with Gasteiger partial charge >= 0.3 is 0 Å². The summed E-state index contributed by atoms with van der Waals surface area (Å²) in [6.07, 6.45) is 4.13. The monoisotopic (exact) mass is 252 g/mol. The van der Waals surface area contributed by atoms with Crippen LogP contribution < -0.4 is 5.32 Å². The fourth-order valence-corrected chi connectivity index (χ4v) is 1.64. The number of aromatic nitrogens is 1. The zero-order chi connectivity index (χ0) is 13.0. The smallest absolute Gasteiger partial charge is 0.168 e. The molecular formula is C13H14F2N2O. The van der Waals surface area contributed by atoms with Gasteiger partial charge in [0, 0.05) is 18.5 Å². The number of nitrogens with one attached hydrogen (secondary N) is 1. The van der Waals surface area contributed by atoms with E-state index in [1.54, 1.807) is 6.26 Å². The normalized spacial score (nSPS) is 12.4. The minimum absolute atomic E-state index is 0.0163. The van der Waals surface area contributed by atoms with E-state index in [4.69, 9.17) is 4.42 Å². The Morgan fingerprint density at radius 1 is 1.44 bits per heavy atom. The van der Waals surface area contributed by atoms with Gasteiger partial charge in [0.05, 0.1) is 12.5 Å². The first kappa shape index (κ1) is 12.5. The van der Waals surface area contributed by atoms with Crippen LogP contribution in [0.2, 0.25) is 0 Å². The molecule has 0 aliphatic rings. The first-order valence-electron chi connectivity index (χ1n) is 5.75. The summed E-state index contributed by atoms with van der Waals surface area (Å²) in [5.74, 6) is -0.402. The summed E-state index contributed by atoms with van der Waals surface area (Å²) in [5.41, 5.74) is 0. The molecule has 0 bridgehead atoms. The predicted molar refractivity (Wildman–Crippen MR) is 64.3 cm³/mol. The van der Waals surface area contributed by atoms with Crippen molar-refractivity contribution in [3.8, 4) is 0 Å². The molecule has 1 atom stereocenters. The summed E-state index contributed by atoms with van der Waals surface area (Å²) < 4.78 is 31.2. The lowest BCUT2D eigenvalue weighted by atomic mass is 10.1. The van der Waals surface area contributed by atoms with Crippen LogP contribution in [0, 0.1) is 11.6 Å². The van der Waals surface area contributed by atoms with Gasteiger partial charge in [-0.15, -0.1) is 0 Å². The van der Waals surface area contributed by atoms with Crippen LogP contribution in [0.3, 0.4) is 0 Å². The molecule has 18 heavy (non-hydrogen) atoms. The number of pyridine rings is 1. The van der Waals surface area contributed by atoms with Crippen molar-refractivity contribution in [3.63, 3.8) is 0 Å². The molecule has 2 rings (SSSR count). The molecule has 0 radical (unpaired) electrons. The van der Waals surface area contributed by atoms with E-state index in [9.17, 15) is 8.78 Å². The Morgan fingerprint density at radius 3 is 2.94 bits per heavy atom. The van der Waals surface area contributed by atoms with E-state index in [2.05, 4.69) is 10.3 Å². The molecule has 0 fully saturated rings. The van der Waals surface area contributed by atoms with Crippen LogP contribution in [0.15, 0.2) is 35.1 Å². The van der Waals surface area contributed by atoms with E-state index in [0.29, 0.717) is 0 Å². The summed E-state index contributed by atoms with van der Waals surface area (Å²) in [6.45, 7) is 1.91. The van der Waals surface area contributed by atoms with Crippen molar-refractivity contribution in [2.45, 2.75) is 25.8 Å². The maximum Gasteiger partial charge on any atom is 0.168 e. The Labute approximate surface area is 104 Å². The van der Waals surface area contributed by atoms with Crippen LogP contribution in [0.5, 0.6) is 0 Å². The molecule has 2 aromatic rings. The van der Waals surface area contributed by atoms with E-state index < -0.39 is 11.6 Å². The molecule has 1 N–H and O–H groups in total. The summed E-state index contributed by atoms with van der Waals surface area (Å²) in [6, 6.07) is 4.55. The van der Waals surface area contributed by atoms with Crippen LogP contribution in [0.25, 0.3) is 0 Å². The number of halogens is 2. The summed E-state index contributed by atoms with van der Waals surface area (Å²) in [5, 5.41) is 2.91. The Kier molecular flexibility index (Phi) is 3.92. The Morgan fingerprint density at radius 2 is 2.28 bits per heavy atom. The Bertz CT molecular complexity index is 500. The molecule has 0 aliphatic heterocycles. The first-order chi connectivity index (χ1) is 8.65. The minimum Gasteiger partial charge on any atom is -0.469 e. The van der Waals surface area contributed by atoms with E-state index in [1.807, 2.05) is 19.1 Å². The van der Waals surface area contributed by atoms with E-state index in [1.165, 1.54) is 0 Å². The lowest BCUT2D eigenvalue weighted by Crippen LogP contribution is -2.17. The number of anilines is 1. The summed E-state index contributed by atoms with van der Waals surface area (Å²) in [7, 11) is 0. The number of rotatable bonds is 5. The Balaban J connectivity index is 1.88. The molecule has 1 unspecified atom stereocenters. The van der Waals surface area contributed by atoms with Crippen LogP contribution in [0.1, 0.15) is 19.1 Å². The molecule has 2 heterocycles. The third kappa shape index (κ3) is 3.29. The van der Waals surface area contributed by atoms with Gasteiger partial charge in [-0.3, -0.25) is 0 Å². The van der Waals surface area contributed by atoms with Crippen molar-refractivity contribution in [2.75, 3.05) is 5.32 Å². The first-order valence-corrected chi connectivity index (χ1v) is 5.75. The highest BCUT2D eigenvalue weighted by Crippen LogP contribution is 2.14. The molecule has 0 saturated carbocycles. The largest absolute Gasteiger partial charge is 0.469 e. The van der Waals surface area contributed by atoms with Gasteiger partial charge in [-0.05, 0) is 25.5 Å². The molecule has 0 spiro atoms. The van der Waals surface area contributed by atoms with E-state index in [0.717, 1.165) is 30.9 Å². The van der Waals surface area contributed by atoms with Gasteiger partial charge in [-0.2, -0.15) is 0 Å². The van der Waals surface area contributed by atoms with Crippen molar-refractivity contribution >= 4 is 5.82 Å². The van der Waals surface area contributed by atoms with Crippen molar-refractivity contribution in [1.29, 1.82) is 0 Å². The molecule has 3 nitrogen and oxygen atoms in total. The van der Waals surface area contributed by atoms with E-state index in [-0.39, 0.29) is 11.9 Å². The number of nitrogens with zero attached hydrogens (tertiary/aromatic N) is 1. The molecule has 5 heteroatoms. The second-order valence-electron chi connectivity index (χ2n) is 4.15. The van der Waals surface area contributed by atoms with Crippen molar-refractivity contribution in [2.24, 2.45) is 0 Å². The van der Waals surface area contributed by atoms with Gasteiger partial charge in [-0.1, -0.05) is 0 Å². The summed E-state index contributed by atoms with van der Waals surface area (Å²) in [4.78, 5) is 3.68. The van der Waals surface area contributed by atoms with Crippen LogP contribution in [0.4, 0.5) is 14.6 Å². The van der Waals surface area contributed by atoms with Crippen molar-refractivity contribution in [3.05, 3.63) is 48.1 Å². The molecule has 96 valence electrons. The zero-order valence-electron chi connectivity index (χ0n) is 9.99. The molecule has 0 aromatic carbocycles. The zero-order valence-corrected chi connectivity index (χ0v) is 9.99. The quantitative estimate of drug-likeness (QED) is 0.886. The topological polar surface area (TPSA) is 38.1 Å². The van der Waals surface area contributed by atoms with E-state index >= 15 is 0 Å². The SMILES string of the molecule is CC(CCc1ccco1)Nc1ncc(F)cc1F. The fraction of sp³-hybridized carbons (Fsp3) is 0.308. The third-order valence-electron chi connectivity index (χ3n) is 2.59. The molecular weight excluding hydrogens is 238 g/mol. The highest BCUT2D eigenvalue weighted by molar-refractivity contribution is 5.36. The number of furan rings is 1. The molecule has 0 aliphatic carbocycles. The highest BCUT2D eigenvalue weighted by atomic mass is 19.1. The maximum absolute atomic E-state index is 13.3. The molecule has 2 aromatic heterocycles. The number of hydrogen-bond donors (Lipinski definition) is 1.